The Morgan fingerprint density at radius 1 is 1.33 bits per heavy atom. The smallest absolute Gasteiger partial charge is 0.269 e. The second-order valence-electron chi connectivity index (χ2n) is 6.89. The highest BCUT2D eigenvalue weighted by molar-refractivity contribution is 7.08. The first-order valence-corrected chi connectivity index (χ1v) is 9.86. The number of hydrogen-bond donors (Lipinski definition) is 2. The molecule has 6 heteroatoms. The maximum absolute atomic E-state index is 12.4. The van der Waals surface area contributed by atoms with E-state index in [2.05, 4.69) is 20.4 Å². The van der Waals surface area contributed by atoms with E-state index in [-0.39, 0.29) is 5.91 Å². The number of aromatic nitrogens is 2. The number of carbonyl (C=O) groups excluding carboxylic acids is 1. The Morgan fingerprint density at radius 3 is 3.12 bits per heavy atom. The van der Waals surface area contributed by atoms with Gasteiger partial charge in [0, 0.05) is 23.5 Å². The molecule has 2 aliphatic rings. The maximum atomic E-state index is 12.4. The van der Waals surface area contributed by atoms with Crippen LogP contribution >= 0.6 is 11.3 Å². The molecule has 2 unspecified atom stereocenters. The lowest BCUT2D eigenvalue weighted by Gasteiger charge is -2.44. The first-order chi connectivity index (χ1) is 11.8. The predicted octanol–water partition coefficient (Wildman–Crippen LogP) is 3.13. The molecule has 24 heavy (non-hydrogen) atoms. The monoisotopic (exact) mass is 344 g/mol. The van der Waals surface area contributed by atoms with Crippen LogP contribution in [0.5, 0.6) is 0 Å². The second kappa shape index (κ2) is 7.07. The highest BCUT2D eigenvalue weighted by Crippen LogP contribution is 2.30. The summed E-state index contributed by atoms with van der Waals surface area (Å²) in [7, 11) is 0. The van der Waals surface area contributed by atoms with E-state index in [1.54, 1.807) is 11.3 Å². The number of thiophene rings is 1. The van der Waals surface area contributed by atoms with E-state index in [0.29, 0.717) is 17.7 Å². The Hall–Kier alpha value is -1.66. The van der Waals surface area contributed by atoms with Crippen LogP contribution in [0.3, 0.4) is 0 Å². The molecule has 4 heterocycles. The quantitative estimate of drug-likeness (QED) is 0.896. The van der Waals surface area contributed by atoms with Crippen LogP contribution in [0.25, 0.3) is 11.3 Å². The average molecular weight is 344 g/mol. The van der Waals surface area contributed by atoms with Gasteiger partial charge in [-0.05, 0) is 62.2 Å². The fourth-order valence-electron chi connectivity index (χ4n) is 4.13. The van der Waals surface area contributed by atoms with Crippen molar-refractivity contribution in [3.05, 3.63) is 28.6 Å². The van der Waals surface area contributed by atoms with E-state index >= 15 is 0 Å². The standard InChI is InChI=1S/C18H24N4OS/c23-18(16-10-15(20-21-16)14-6-9-24-12-14)19-11-13-4-3-8-22-7-2-1-5-17(13)22/h6,9-10,12-13,17H,1-5,7-8,11H2,(H,19,23)(H,20,21). The molecule has 2 N–H and O–H groups in total. The van der Waals surface area contributed by atoms with Gasteiger partial charge in [-0.1, -0.05) is 6.42 Å². The molecule has 0 saturated carbocycles. The molecule has 2 saturated heterocycles. The molecule has 2 aromatic rings. The zero-order chi connectivity index (χ0) is 16.4. The van der Waals surface area contributed by atoms with Gasteiger partial charge in [-0.25, -0.2) is 0 Å². The fraction of sp³-hybridized carbons (Fsp3) is 0.556. The largest absolute Gasteiger partial charge is 0.350 e. The van der Waals surface area contributed by atoms with Gasteiger partial charge in [0.1, 0.15) is 5.69 Å². The second-order valence-corrected chi connectivity index (χ2v) is 7.67. The number of amides is 1. The minimum atomic E-state index is -0.0445. The Balaban J connectivity index is 1.36. The number of aromatic amines is 1. The molecule has 0 spiro atoms. The number of carbonyl (C=O) groups is 1. The summed E-state index contributed by atoms with van der Waals surface area (Å²) in [5, 5.41) is 14.3. The summed E-state index contributed by atoms with van der Waals surface area (Å²) in [4.78, 5) is 15.1. The molecule has 2 fully saturated rings. The number of rotatable bonds is 4. The summed E-state index contributed by atoms with van der Waals surface area (Å²) < 4.78 is 0. The van der Waals surface area contributed by atoms with E-state index in [9.17, 15) is 4.79 Å². The van der Waals surface area contributed by atoms with E-state index < -0.39 is 0 Å². The van der Waals surface area contributed by atoms with Gasteiger partial charge in [0.05, 0.1) is 5.69 Å². The molecule has 0 bridgehead atoms. The van der Waals surface area contributed by atoms with Crippen LogP contribution in [-0.4, -0.2) is 46.7 Å². The van der Waals surface area contributed by atoms with Gasteiger partial charge < -0.3 is 10.2 Å². The molecule has 0 aliphatic carbocycles. The molecule has 2 aliphatic heterocycles. The zero-order valence-electron chi connectivity index (χ0n) is 13.8. The molecule has 0 radical (unpaired) electrons. The first-order valence-electron chi connectivity index (χ1n) is 8.91. The Labute approximate surface area is 146 Å². The molecule has 128 valence electrons. The predicted molar refractivity (Wildman–Crippen MR) is 96.2 cm³/mol. The van der Waals surface area contributed by atoms with E-state index in [4.69, 9.17) is 0 Å². The van der Waals surface area contributed by atoms with Crippen LogP contribution in [0.4, 0.5) is 0 Å². The molecule has 2 aromatic heterocycles. The van der Waals surface area contributed by atoms with Crippen LogP contribution in [0.15, 0.2) is 22.9 Å². The Bertz CT molecular complexity index is 679. The first kappa shape index (κ1) is 15.8. The van der Waals surface area contributed by atoms with E-state index in [1.807, 2.05) is 22.9 Å². The Morgan fingerprint density at radius 2 is 2.25 bits per heavy atom. The minimum absolute atomic E-state index is 0.0445. The molecule has 4 rings (SSSR count). The number of nitrogens with zero attached hydrogens (tertiary/aromatic N) is 2. The number of piperidine rings is 2. The van der Waals surface area contributed by atoms with Crippen molar-refractivity contribution < 1.29 is 4.79 Å². The topological polar surface area (TPSA) is 61.0 Å². The Kier molecular flexibility index (Phi) is 4.67. The summed E-state index contributed by atoms with van der Waals surface area (Å²) in [5.74, 6) is 0.541. The molecule has 0 aromatic carbocycles. The van der Waals surface area contributed by atoms with Crippen molar-refractivity contribution in [2.75, 3.05) is 19.6 Å². The van der Waals surface area contributed by atoms with Crippen LogP contribution < -0.4 is 5.32 Å². The molecule has 5 nitrogen and oxygen atoms in total. The van der Waals surface area contributed by atoms with Gasteiger partial charge in [0.25, 0.3) is 5.91 Å². The third-order valence-corrected chi connectivity index (χ3v) is 6.08. The fourth-order valence-corrected chi connectivity index (χ4v) is 4.78. The van der Waals surface area contributed by atoms with Crippen molar-refractivity contribution in [1.82, 2.24) is 20.4 Å². The summed E-state index contributed by atoms with van der Waals surface area (Å²) in [6, 6.07) is 4.52. The van der Waals surface area contributed by atoms with Crippen molar-refractivity contribution >= 4 is 17.2 Å². The third-order valence-electron chi connectivity index (χ3n) is 5.39. The minimum Gasteiger partial charge on any atom is -0.350 e. The van der Waals surface area contributed by atoms with Gasteiger partial charge in [0.2, 0.25) is 0 Å². The van der Waals surface area contributed by atoms with Crippen molar-refractivity contribution in [3.63, 3.8) is 0 Å². The summed E-state index contributed by atoms with van der Waals surface area (Å²) in [5.41, 5.74) is 2.44. The lowest BCUT2D eigenvalue weighted by Crippen LogP contribution is -2.51. The normalized spacial score (nSPS) is 24.5. The summed E-state index contributed by atoms with van der Waals surface area (Å²) in [6.45, 7) is 3.24. The highest BCUT2D eigenvalue weighted by Gasteiger charge is 2.33. The van der Waals surface area contributed by atoms with Gasteiger partial charge in [-0.15, -0.1) is 0 Å². The lowest BCUT2D eigenvalue weighted by atomic mass is 9.83. The van der Waals surface area contributed by atoms with Crippen LogP contribution in [-0.2, 0) is 0 Å². The molecule has 1 amide bonds. The molecular weight excluding hydrogens is 320 g/mol. The number of fused-ring (bicyclic) bond motifs is 1. The van der Waals surface area contributed by atoms with Gasteiger partial charge in [-0.2, -0.15) is 16.4 Å². The van der Waals surface area contributed by atoms with E-state index in [0.717, 1.165) is 17.8 Å². The van der Waals surface area contributed by atoms with E-state index in [1.165, 1.54) is 45.2 Å². The zero-order valence-corrected chi connectivity index (χ0v) is 14.6. The number of nitrogens with one attached hydrogen (secondary N) is 2. The molecular formula is C18H24N4OS. The van der Waals surface area contributed by atoms with Crippen LogP contribution in [0, 0.1) is 5.92 Å². The van der Waals surface area contributed by atoms with Crippen molar-refractivity contribution in [2.45, 2.75) is 38.1 Å². The van der Waals surface area contributed by atoms with Crippen molar-refractivity contribution in [2.24, 2.45) is 5.92 Å². The number of hydrogen-bond acceptors (Lipinski definition) is 4. The summed E-state index contributed by atoms with van der Waals surface area (Å²) >= 11 is 1.63. The van der Waals surface area contributed by atoms with Gasteiger partial charge in [0.15, 0.2) is 0 Å². The maximum Gasteiger partial charge on any atom is 0.269 e. The molecule has 2 atom stereocenters. The highest BCUT2D eigenvalue weighted by atomic mass is 32.1. The third kappa shape index (κ3) is 3.26. The van der Waals surface area contributed by atoms with Gasteiger partial charge >= 0.3 is 0 Å². The lowest BCUT2D eigenvalue weighted by molar-refractivity contribution is 0.0575. The SMILES string of the molecule is O=C(NCC1CCCN2CCCCC12)c1cc(-c2ccsc2)n[nH]1. The van der Waals surface area contributed by atoms with Crippen LogP contribution in [0.2, 0.25) is 0 Å². The average Bonchev–Trinajstić information content (AvgIpc) is 3.30. The van der Waals surface area contributed by atoms with Gasteiger partial charge in [-0.3, -0.25) is 9.89 Å². The van der Waals surface area contributed by atoms with Crippen molar-refractivity contribution in [1.29, 1.82) is 0 Å². The number of H-pyrrole nitrogens is 1. The van der Waals surface area contributed by atoms with Crippen LogP contribution in [0.1, 0.15) is 42.6 Å². The summed E-state index contributed by atoms with van der Waals surface area (Å²) in [6.07, 6.45) is 6.42. The van der Waals surface area contributed by atoms with Crippen molar-refractivity contribution in [3.8, 4) is 11.3 Å².